The van der Waals surface area contributed by atoms with E-state index < -0.39 is 0 Å². The predicted molar refractivity (Wildman–Crippen MR) is 210 cm³/mol. The Morgan fingerprint density at radius 1 is 0.340 bits per heavy atom. The Morgan fingerprint density at radius 3 is 1.56 bits per heavy atom. The number of rotatable bonds is 2. The van der Waals surface area contributed by atoms with Crippen LogP contribution < -0.4 is 0 Å². The summed E-state index contributed by atoms with van der Waals surface area (Å²) in [6.07, 6.45) is 21.2. The Kier molecular flexibility index (Phi) is 5.17. The van der Waals surface area contributed by atoms with Gasteiger partial charge in [-0.1, -0.05) is 146 Å². The average molecular weight is 631 g/mol. The first-order valence-electron chi connectivity index (χ1n) is 17.7. The lowest BCUT2D eigenvalue weighted by Crippen LogP contribution is -2.29. The fourth-order valence-electron chi connectivity index (χ4n) is 9.80. The molecule has 0 aliphatic heterocycles. The minimum Gasteiger partial charge on any atom is -0.0617 e. The van der Waals surface area contributed by atoms with Crippen LogP contribution in [-0.4, -0.2) is 0 Å². The van der Waals surface area contributed by atoms with Crippen molar-refractivity contribution in [3.8, 4) is 0 Å². The van der Waals surface area contributed by atoms with Crippen LogP contribution in [0.5, 0.6) is 0 Å². The lowest BCUT2D eigenvalue weighted by Gasteiger charge is -2.40. The average Bonchev–Trinajstić information content (AvgIpc) is 3.66. The van der Waals surface area contributed by atoms with Gasteiger partial charge in [0.25, 0.3) is 0 Å². The Balaban J connectivity index is 1.25. The van der Waals surface area contributed by atoms with Gasteiger partial charge in [-0.2, -0.15) is 0 Å². The molecule has 230 valence electrons. The Labute approximate surface area is 291 Å². The van der Waals surface area contributed by atoms with Crippen LogP contribution in [0, 0.1) is 11.8 Å². The first-order chi connectivity index (χ1) is 24.8. The van der Waals surface area contributed by atoms with Crippen molar-refractivity contribution in [2.75, 3.05) is 0 Å². The Morgan fingerprint density at radius 2 is 0.860 bits per heavy atom. The van der Waals surface area contributed by atoms with Crippen molar-refractivity contribution in [2.24, 2.45) is 11.8 Å². The molecule has 6 aromatic carbocycles. The summed E-state index contributed by atoms with van der Waals surface area (Å²) >= 11 is 0. The predicted octanol–water partition coefficient (Wildman–Crippen LogP) is 12.4. The second-order valence-electron chi connectivity index (χ2n) is 14.4. The maximum Gasteiger partial charge on any atom is 0.0205 e. The maximum absolute atomic E-state index is 2.47. The first kappa shape index (κ1) is 26.7. The molecule has 0 amide bonds. The summed E-state index contributed by atoms with van der Waals surface area (Å²) in [6.45, 7) is 0. The third kappa shape index (κ3) is 3.45. The van der Waals surface area contributed by atoms with E-state index in [1.54, 1.807) is 0 Å². The van der Waals surface area contributed by atoms with Crippen LogP contribution in [0.3, 0.4) is 0 Å². The molecule has 6 aliphatic carbocycles. The molecule has 2 atom stereocenters. The smallest absolute Gasteiger partial charge is 0.0205 e. The molecule has 0 radical (unpaired) electrons. The lowest BCUT2D eigenvalue weighted by atomic mass is 9.63. The number of fused-ring (bicyclic) bond motifs is 8. The van der Waals surface area contributed by atoms with E-state index in [2.05, 4.69) is 170 Å². The quantitative estimate of drug-likeness (QED) is 0.179. The molecule has 0 nitrogen and oxygen atoms in total. The van der Waals surface area contributed by atoms with Gasteiger partial charge >= 0.3 is 0 Å². The Bertz CT molecular complexity index is 2890. The van der Waals surface area contributed by atoms with Gasteiger partial charge in [0.05, 0.1) is 0 Å². The van der Waals surface area contributed by atoms with E-state index in [0.29, 0.717) is 11.8 Å². The summed E-state index contributed by atoms with van der Waals surface area (Å²) in [5.74, 6) is 0.681. The zero-order chi connectivity index (χ0) is 32.5. The van der Waals surface area contributed by atoms with Crippen molar-refractivity contribution in [3.63, 3.8) is 0 Å². The molecule has 0 heteroatoms. The summed E-state index contributed by atoms with van der Waals surface area (Å²) in [4.78, 5) is 0. The highest BCUT2D eigenvalue weighted by atomic mass is 14.5. The van der Waals surface area contributed by atoms with Gasteiger partial charge in [-0.25, -0.2) is 0 Å². The highest BCUT2D eigenvalue weighted by Gasteiger charge is 2.43. The van der Waals surface area contributed by atoms with E-state index >= 15 is 0 Å². The third-order valence-electron chi connectivity index (χ3n) is 11.9. The zero-order valence-corrected chi connectivity index (χ0v) is 27.3. The van der Waals surface area contributed by atoms with Gasteiger partial charge in [-0.05, 0) is 135 Å². The van der Waals surface area contributed by atoms with E-state index in [4.69, 9.17) is 0 Å². The van der Waals surface area contributed by atoms with Crippen molar-refractivity contribution >= 4 is 54.6 Å². The van der Waals surface area contributed by atoms with Crippen LogP contribution >= 0.6 is 0 Å². The molecule has 0 fully saturated rings. The molecule has 0 N–H and O–H groups in total. The van der Waals surface area contributed by atoms with Gasteiger partial charge in [-0.3, -0.25) is 0 Å². The standard InChI is InChI=1S/C50H30/c1-3-12-35-27-43-41(25-33(35)10-1)47(38-18-8-14-29-9-5-6-17-37(29)38)49-44-28-36-13-4-2-11-34(36)26-42(44)48(50(43)49)40-24-22-32-20-19-30-15-7-16-31-21-23-39(40)46(32)45(30)31/h1-28,45-46H. The summed E-state index contributed by atoms with van der Waals surface area (Å²) in [5.41, 5.74) is 19.2. The summed E-state index contributed by atoms with van der Waals surface area (Å²) in [7, 11) is 0. The van der Waals surface area contributed by atoms with Gasteiger partial charge < -0.3 is 0 Å². The topological polar surface area (TPSA) is 0 Å². The zero-order valence-electron chi connectivity index (χ0n) is 27.3. The minimum absolute atomic E-state index is 0.316. The molecule has 0 saturated heterocycles. The highest BCUT2D eigenvalue weighted by Crippen LogP contribution is 2.62. The van der Waals surface area contributed by atoms with E-state index in [0.717, 1.165) is 0 Å². The number of benzene rings is 6. The van der Waals surface area contributed by atoms with Crippen LogP contribution in [0.25, 0.3) is 54.6 Å². The van der Waals surface area contributed by atoms with E-state index in [1.807, 2.05) is 0 Å². The molecular weight excluding hydrogens is 601 g/mol. The molecule has 12 rings (SSSR count). The normalized spacial score (nSPS) is 20.7. The molecule has 6 aliphatic rings. The second-order valence-corrected chi connectivity index (χ2v) is 14.4. The monoisotopic (exact) mass is 630 g/mol. The molecule has 50 heavy (non-hydrogen) atoms. The number of allylic oxidation sites excluding steroid dienone is 17. The van der Waals surface area contributed by atoms with E-state index in [9.17, 15) is 0 Å². The highest BCUT2D eigenvalue weighted by molar-refractivity contribution is 6.37. The van der Waals surface area contributed by atoms with Crippen LogP contribution in [0.4, 0.5) is 0 Å². The van der Waals surface area contributed by atoms with Gasteiger partial charge in [0.15, 0.2) is 0 Å². The summed E-state index contributed by atoms with van der Waals surface area (Å²) in [6, 6.07) is 43.3. The third-order valence-corrected chi connectivity index (χ3v) is 11.9. The molecule has 0 saturated carbocycles. The molecular formula is C50H30. The van der Waals surface area contributed by atoms with Crippen molar-refractivity contribution < 1.29 is 0 Å². The van der Waals surface area contributed by atoms with Crippen molar-refractivity contribution in [1.82, 2.24) is 0 Å². The van der Waals surface area contributed by atoms with Gasteiger partial charge in [-0.15, -0.1) is 0 Å². The number of hydrogen-bond acceptors (Lipinski definition) is 0. The van der Waals surface area contributed by atoms with E-state index in [-0.39, 0.29) is 0 Å². The minimum atomic E-state index is 0.316. The van der Waals surface area contributed by atoms with Crippen LogP contribution in [-0.2, 0) is 0 Å². The fraction of sp³-hybridized carbons (Fsp3) is 0.0400. The lowest BCUT2D eigenvalue weighted by molar-refractivity contribution is 0.562. The molecule has 2 unspecified atom stereocenters. The SMILES string of the molecule is C1=CC2=CC=C3C=CC(C4=C5C(=C(c6cccc7ccccc67)c6cc7ccccc7cc65)c5cc6ccccc6cc54)=C4C=CC(=C1)C2C34. The van der Waals surface area contributed by atoms with Gasteiger partial charge in [0, 0.05) is 11.8 Å². The summed E-state index contributed by atoms with van der Waals surface area (Å²) in [5, 5.41) is 7.69. The first-order valence-corrected chi connectivity index (χ1v) is 17.7. The van der Waals surface area contributed by atoms with Crippen LogP contribution in [0.1, 0.15) is 27.8 Å². The summed E-state index contributed by atoms with van der Waals surface area (Å²) < 4.78 is 0. The van der Waals surface area contributed by atoms with Crippen molar-refractivity contribution in [2.45, 2.75) is 0 Å². The van der Waals surface area contributed by atoms with Crippen molar-refractivity contribution in [3.05, 3.63) is 226 Å². The molecule has 0 aromatic heterocycles. The molecule has 0 heterocycles. The molecule has 0 bridgehead atoms. The fourth-order valence-corrected chi connectivity index (χ4v) is 9.80. The maximum atomic E-state index is 2.47. The largest absolute Gasteiger partial charge is 0.0617 e. The van der Waals surface area contributed by atoms with Crippen LogP contribution in [0.2, 0.25) is 0 Å². The van der Waals surface area contributed by atoms with Crippen molar-refractivity contribution in [1.29, 1.82) is 0 Å². The van der Waals surface area contributed by atoms with Gasteiger partial charge in [0.1, 0.15) is 0 Å². The molecule has 0 spiro atoms. The second kappa shape index (κ2) is 9.68. The van der Waals surface area contributed by atoms with E-state index in [1.165, 1.54) is 110 Å². The van der Waals surface area contributed by atoms with Gasteiger partial charge in [0.2, 0.25) is 0 Å². The van der Waals surface area contributed by atoms with Crippen LogP contribution in [0.15, 0.2) is 198 Å². The Hall–Kier alpha value is -6.24. The number of hydrogen-bond donors (Lipinski definition) is 0. The molecule has 6 aromatic rings.